The number of halogens is 2. The van der Waals surface area contributed by atoms with Crippen molar-refractivity contribution in [1.82, 2.24) is 14.9 Å². The van der Waals surface area contributed by atoms with E-state index in [4.69, 9.17) is 16.3 Å². The van der Waals surface area contributed by atoms with Gasteiger partial charge in [-0.3, -0.25) is 19.0 Å². The number of nitrogens with zero attached hydrogens (tertiary/aromatic N) is 2. The number of carbonyl (C=O) groups is 2. The van der Waals surface area contributed by atoms with Crippen LogP contribution in [0.4, 0.5) is 0 Å². The standard InChI is InChI=1S/C18H19BrClN3O4/c1-2-17(25)27-16-3-4-21-15(16)5-10(24)8-23-9-22-14-7-12(19)13(20)6-11(14)18(23)26/h6-7,9,15-16,21H,2-5,8H2,1H3. The number of rotatable bonds is 6. The van der Waals surface area contributed by atoms with Crippen LogP contribution < -0.4 is 10.9 Å². The van der Waals surface area contributed by atoms with Gasteiger partial charge in [-0.05, 0) is 41.0 Å². The Labute approximate surface area is 169 Å². The first-order chi connectivity index (χ1) is 12.9. The van der Waals surface area contributed by atoms with Crippen LogP contribution in [-0.2, 0) is 20.9 Å². The van der Waals surface area contributed by atoms with Gasteiger partial charge < -0.3 is 10.1 Å². The number of hydrogen-bond donors (Lipinski definition) is 1. The molecule has 2 heterocycles. The third kappa shape index (κ3) is 4.56. The van der Waals surface area contributed by atoms with Gasteiger partial charge in [0.15, 0.2) is 5.78 Å². The second-order valence-corrected chi connectivity index (χ2v) is 7.70. The lowest BCUT2D eigenvalue weighted by atomic mass is 10.1. The number of hydrogen-bond acceptors (Lipinski definition) is 6. The number of fused-ring (bicyclic) bond motifs is 1. The number of nitrogens with one attached hydrogen (secondary N) is 1. The van der Waals surface area contributed by atoms with Crippen molar-refractivity contribution in [2.45, 2.75) is 44.9 Å². The Bertz CT molecular complexity index is 946. The first-order valence-electron chi connectivity index (χ1n) is 8.67. The summed E-state index contributed by atoms with van der Waals surface area (Å²) in [5, 5.41) is 3.94. The van der Waals surface area contributed by atoms with Crippen molar-refractivity contribution in [3.05, 3.63) is 38.3 Å². The minimum absolute atomic E-state index is 0.0952. The summed E-state index contributed by atoms with van der Waals surface area (Å²) >= 11 is 9.36. The smallest absolute Gasteiger partial charge is 0.305 e. The number of esters is 1. The predicted octanol–water partition coefficient (Wildman–Crippen LogP) is 2.46. The summed E-state index contributed by atoms with van der Waals surface area (Å²) in [4.78, 5) is 40.8. The summed E-state index contributed by atoms with van der Waals surface area (Å²) < 4.78 is 7.30. The summed E-state index contributed by atoms with van der Waals surface area (Å²) in [6.07, 6.45) is 2.19. The van der Waals surface area contributed by atoms with Crippen LogP contribution in [0.3, 0.4) is 0 Å². The molecule has 0 radical (unpaired) electrons. The molecular weight excluding hydrogens is 438 g/mol. The topological polar surface area (TPSA) is 90.3 Å². The average molecular weight is 457 g/mol. The molecule has 27 heavy (non-hydrogen) atoms. The quantitative estimate of drug-likeness (QED) is 0.672. The van der Waals surface area contributed by atoms with Gasteiger partial charge in [0.2, 0.25) is 0 Å². The highest BCUT2D eigenvalue weighted by atomic mass is 79.9. The molecule has 9 heteroatoms. The van der Waals surface area contributed by atoms with Crippen LogP contribution in [0.15, 0.2) is 27.7 Å². The van der Waals surface area contributed by atoms with Crippen molar-refractivity contribution in [1.29, 1.82) is 0 Å². The molecule has 3 rings (SSSR count). The van der Waals surface area contributed by atoms with Crippen LogP contribution in [-0.4, -0.2) is 40.0 Å². The van der Waals surface area contributed by atoms with Gasteiger partial charge in [-0.2, -0.15) is 0 Å². The zero-order valence-electron chi connectivity index (χ0n) is 14.7. The monoisotopic (exact) mass is 455 g/mol. The number of aromatic nitrogens is 2. The Morgan fingerprint density at radius 2 is 2.22 bits per heavy atom. The Kier molecular flexibility index (Phi) is 6.29. The maximum Gasteiger partial charge on any atom is 0.305 e. The molecule has 1 N–H and O–H groups in total. The Morgan fingerprint density at radius 1 is 1.44 bits per heavy atom. The molecule has 2 unspecified atom stereocenters. The summed E-state index contributed by atoms with van der Waals surface area (Å²) in [7, 11) is 0. The van der Waals surface area contributed by atoms with Gasteiger partial charge in [0.05, 0.1) is 34.8 Å². The third-order valence-corrected chi connectivity index (χ3v) is 5.71. The molecule has 0 saturated carbocycles. The Morgan fingerprint density at radius 3 is 2.96 bits per heavy atom. The second-order valence-electron chi connectivity index (χ2n) is 6.44. The average Bonchev–Trinajstić information content (AvgIpc) is 3.05. The van der Waals surface area contributed by atoms with Crippen LogP contribution in [0.25, 0.3) is 10.9 Å². The fraction of sp³-hybridized carbons (Fsp3) is 0.444. The molecule has 0 spiro atoms. The van der Waals surface area contributed by atoms with Gasteiger partial charge in [0, 0.05) is 17.3 Å². The van der Waals surface area contributed by atoms with E-state index in [9.17, 15) is 14.4 Å². The molecule has 7 nitrogen and oxygen atoms in total. The van der Waals surface area contributed by atoms with E-state index in [-0.39, 0.29) is 42.4 Å². The first kappa shape index (κ1) is 20.0. The Hall–Kier alpha value is -1.77. The number of Topliss-reactive ketones (excluding diaryl/α,β-unsaturated/α-hetero) is 1. The van der Waals surface area contributed by atoms with Gasteiger partial charge in [-0.1, -0.05) is 18.5 Å². The van der Waals surface area contributed by atoms with Crippen LogP contribution in [0.1, 0.15) is 26.2 Å². The van der Waals surface area contributed by atoms with Gasteiger partial charge in [-0.15, -0.1) is 0 Å². The lowest BCUT2D eigenvalue weighted by molar-refractivity contribution is -0.149. The molecule has 2 aromatic rings. The normalized spacial score (nSPS) is 19.4. The van der Waals surface area contributed by atoms with Gasteiger partial charge in [0.1, 0.15) is 6.10 Å². The van der Waals surface area contributed by atoms with Crippen molar-refractivity contribution in [3.63, 3.8) is 0 Å². The lowest BCUT2D eigenvalue weighted by Gasteiger charge is -2.19. The van der Waals surface area contributed by atoms with Crippen molar-refractivity contribution in [2.75, 3.05) is 6.54 Å². The van der Waals surface area contributed by atoms with E-state index in [1.165, 1.54) is 17.0 Å². The molecule has 1 aliphatic heterocycles. The van der Waals surface area contributed by atoms with Crippen LogP contribution in [0.2, 0.25) is 5.02 Å². The fourth-order valence-electron chi connectivity index (χ4n) is 3.11. The lowest BCUT2D eigenvalue weighted by Crippen LogP contribution is -2.37. The summed E-state index contributed by atoms with van der Waals surface area (Å²) in [5.74, 6) is -0.419. The first-order valence-corrected chi connectivity index (χ1v) is 9.85. The molecule has 1 aromatic carbocycles. The molecule has 1 aromatic heterocycles. The van der Waals surface area contributed by atoms with Crippen LogP contribution in [0.5, 0.6) is 0 Å². The van der Waals surface area contributed by atoms with E-state index in [0.29, 0.717) is 39.8 Å². The van der Waals surface area contributed by atoms with Crippen molar-refractivity contribution in [2.24, 2.45) is 0 Å². The van der Waals surface area contributed by atoms with Gasteiger partial charge >= 0.3 is 5.97 Å². The zero-order valence-corrected chi connectivity index (χ0v) is 17.0. The summed E-state index contributed by atoms with van der Waals surface area (Å²) in [5.41, 5.74) is 0.181. The van der Waals surface area contributed by atoms with Gasteiger partial charge in [-0.25, -0.2) is 4.98 Å². The molecule has 0 aliphatic carbocycles. The minimum atomic E-state index is -0.323. The Balaban J connectivity index is 1.72. The van der Waals surface area contributed by atoms with E-state index < -0.39 is 0 Å². The highest BCUT2D eigenvalue weighted by Gasteiger charge is 2.31. The van der Waals surface area contributed by atoms with Crippen LogP contribution in [0, 0.1) is 0 Å². The molecule has 0 amide bonds. The fourth-order valence-corrected chi connectivity index (χ4v) is 3.60. The SMILES string of the molecule is CCC(=O)OC1CCNC1CC(=O)Cn1cnc2cc(Br)c(Cl)cc2c1=O. The largest absolute Gasteiger partial charge is 0.461 e. The molecule has 1 fully saturated rings. The molecular formula is C18H19BrClN3O4. The summed E-state index contributed by atoms with van der Waals surface area (Å²) in [6.45, 7) is 2.32. The summed E-state index contributed by atoms with van der Waals surface area (Å²) in [6, 6.07) is 2.97. The number of ketones is 1. The van der Waals surface area contributed by atoms with E-state index >= 15 is 0 Å². The maximum absolute atomic E-state index is 12.6. The second kappa shape index (κ2) is 8.50. The molecule has 144 valence electrons. The van der Waals surface area contributed by atoms with E-state index in [1.807, 2.05) is 0 Å². The van der Waals surface area contributed by atoms with Crippen molar-refractivity contribution >= 4 is 50.2 Å². The van der Waals surface area contributed by atoms with Crippen LogP contribution >= 0.6 is 27.5 Å². The predicted molar refractivity (Wildman–Crippen MR) is 105 cm³/mol. The molecule has 0 bridgehead atoms. The zero-order chi connectivity index (χ0) is 19.6. The third-order valence-electron chi connectivity index (χ3n) is 4.52. The molecule has 1 aliphatic rings. The molecule has 1 saturated heterocycles. The number of benzene rings is 1. The minimum Gasteiger partial charge on any atom is -0.461 e. The molecule has 2 atom stereocenters. The van der Waals surface area contributed by atoms with Crippen molar-refractivity contribution < 1.29 is 14.3 Å². The maximum atomic E-state index is 12.6. The highest BCUT2D eigenvalue weighted by molar-refractivity contribution is 9.10. The van der Waals surface area contributed by atoms with Gasteiger partial charge in [0.25, 0.3) is 5.56 Å². The van der Waals surface area contributed by atoms with E-state index in [1.54, 1.807) is 13.0 Å². The van der Waals surface area contributed by atoms with E-state index in [0.717, 1.165) is 0 Å². The van der Waals surface area contributed by atoms with E-state index in [2.05, 4.69) is 26.2 Å². The number of carbonyl (C=O) groups excluding carboxylic acids is 2. The number of ether oxygens (including phenoxy) is 1. The highest BCUT2D eigenvalue weighted by Crippen LogP contribution is 2.25. The van der Waals surface area contributed by atoms with Crippen molar-refractivity contribution in [3.8, 4) is 0 Å².